The molecule has 2 N–H and O–H groups in total. The predicted octanol–water partition coefficient (Wildman–Crippen LogP) is 2.42. The van der Waals surface area contributed by atoms with E-state index in [1.807, 2.05) is 13.8 Å². The van der Waals surface area contributed by atoms with Crippen LogP contribution in [0.4, 0.5) is 0 Å². The van der Waals surface area contributed by atoms with Gasteiger partial charge in [0, 0.05) is 24.7 Å². The van der Waals surface area contributed by atoms with Gasteiger partial charge in [-0.2, -0.15) is 0 Å². The van der Waals surface area contributed by atoms with Gasteiger partial charge in [-0.1, -0.05) is 30.1 Å². The van der Waals surface area contributed by atoms with Gasteiger partial charge in [-0.25, -0.2) is 13.1 Å². The number of rotatable bonds is 9. The Labute approximate surface area is 136 Å². The van der Waals surface area contributed by atoms with Gasteiger partial charge in [0.15, 0.2) is 0 Å². The van der Waals surface area contributed by atoms with E-state index in [9.17, 15) is 8.42 Å². The van der Waals surface area contributed by atoms with Crippen LogP contribution in [0.5, 0.6) is 0 Å². The fraction of sp³-hybridized carbons (Fsp3) is 0.538. The summed E-state index contributed by atoms with van der Waals surface area (Å²) < 4.78 is 32.1. The summed E-state index contributed by atoms with van der Waals surface area (Å²) in [4.78, 5) is -0.0129. The molecule has 8 heteroatoms. The van der Waals surface area contributed by atoms with Crippen LogP contribution in [0.2, 0.25) is 10.0 Å². The van der Waals surface area contributed by atoms with Gasteiger partial charge in [-0.05, 0) is 31.2 Å². The highest BCUT2D eigenvalue weighted by Crippen LogP contribution is 2.29. The zero-order valence-electron chi connectivity index (χ0n) is 12.1. The first-order chi connectivity index (χ1) is 9.92. The molecule has 0 aromatic heterocycles. The third-order valence-corrected chi connectivity index (χ3v) is 4.94. The second kappa shape index (κ2) is 8.92. The van der Waals surface area contributed by atoms with Gasteiger partial charge < -0.3 is 10.1 Å². The average Bonchev–Trinajstić information content (AvgIpc) is 2.44. The summed E-state index contributed by atoms with van der Waals surface area (Å²) in [6, 6.07) is 3.01. The summed E-state index contributed by atoms with van der Waals surface area (Å²) >= 11 is 12.2. The van der Waals surface area contributed by atoms with E-state index in [2.05, 4.69) is 10.0 Å². The first-order valence-electron chi connectivity index (χ1n) is 6.68. The number of ether oxygens (including phenoxy) is 1. The molecule has 0 atom stereocenters. The molecule has 1 aromatic carbocycles. The lowest BCUT2D eigenvalue weighted by atomic mass is 10.2. The molecule has 1 aromatic rings. The van der Waals surface area contributed by atoms with Crippen LogP contribution in [-0.2, 0) is 21.3 Å². The minimum Gasteiger partial charge on any atom is -0.380 e. The maximum Gasteiger partial charge on any atom is 0.242 e. The summed E-state index contributed by atoms with van der Waals surface area (Å²) in [5, 5.41) is 3.61. The summed E-state index contributed by atoms with van der Waals surface area (Å²) in [7, 11) is -3.72. The first kappa shape index (κ1) is 18.7. The minimum atomic E-state index is -3.72. The van der Waals surface area contributed by atoms with E-state index < -0.39 is 10.0 Å². The molecule has 0 radical (unpaired) electrons. The van der Waals surface area contributed by atoms with Crippen molar-refractivity contribution >= 4 is 33.2 Å². The molecule has 0 bridgehead atoms. The molecule has 0 fully saturated rings. The van der Waals surface area contributed by atoms with Crippen LogP contribution in [0.25, 0.3) is 0 Å². The van der Waals surface area contributed by atoms with Crippen molar-refractivity contribution in [2.75, 3.05) is 26.3 Å². The molecule has 0 unspecified atom stereocenters. The molecular formula is C13H20Cl2N2O3S. The first-order valence-corrected chi connectivity index (χ1v) is 8.92. The van der Waals surface area contributed by atoms with E-state index >= 15 is 0 Å². The Kier molecular flexibility index (Phi) is 7.94. The molecule has 0 saturated carbocycles. The van der Waals surface area contributed by atoms with Gasteiger partial charge >= 0.3 is 0 Å². The van der Waals surface area contributed by atoms with Crippen LogP contribution in [0.3, 0.4) is 0 Å². The van der Waals surface area contributed by atoms with Gasteiger partial charge in [-0.3, -0.25) is 0 Å². The largest absolute Gasteiger partial charge is 0.380 e. The second-order valence-electron chi connectivity index (χ2n) is 4.25. The summed E-state index contributed by atoms with van der Waals surface area (Å²) in [5.41, 5.74) is 0.649. The fourth-order valence-electron chi connectivity index (χ4n) is 1.67. The molecule has 0 spiro atoms. The summed E-state index contributed by atoms with van der Waals surface area (Å²) in [6.07, 6.45) is 0. The van der Waals surface area contributed by atoms with Gasteiger partial charge in [0.05, 0.1) is 11.6 Å². The van der Waals surface area contributed by atoms with Crippen molar-refractivity contribution in [1.82, 2.24) is 10.0 Å². The lowest BCUT2D eigenvalue weighted by molar-refractivity contribution is 0.153. The van der Waals surface area contributed by atoms with Gasteiger partial charge in [0.25, 0.3) is 0 Å². The van der Waals surface area contributed by atoms with Crippen LogP contribution in [-0.4, -0.2) is 34.7 Å². The molecule has 0 aliphatic carbocycles. The Morgan fingerprint density at radius 3 is 2.57 bits per heavy atom. The Balaban J connectivity index is 2.97. The number of hydrogen-bond donors (Lipinski definition) is 2. The predicted molar refractivity (Wildman–Crippen MR) is 85.5 cm³/mol. The van der Waals surface area contributed by atoms with Crippen LogP contribution in [0.1, 0.15) is 19.4 Å². The molecule has 0 amide bonds. The van der Waals surface area contributed by atoms with Crippen molar-refractivity contribution < 1.29 is 13.2 Å². The third-order valence-electron chi connectivity index (χ3n) is 2.68. The van der Waals surface area contributed by atoms with Crippen LogP contribution in [0, 0.1) is 0 Å². The Bertz CT molecular complexity index is 565. The monoisotopic (exact) mass is 354 g/mol. The molecule has 5 nitrogen and oxygen atoms in total. The number of halogens is 2. The van der Waals surface area contributed by atoms with Crippen LogP contribution < -0.4 is 10.0 Å². The molecule has 1 rings (SSSR count). The maximum atomic E-state index is 12.3. The standard InChI is InChI=1S/C13H20Cl2N2O3S/c1-3-16-9-10-7-11(14)8-12(13(10)15)21(18,19)17-5-6-20-4-2/h7-8,16-17H,3-6,9H2,1-2H3. The van der Waals surface area contributed by atoms with E-state index in [-0.39, 0.29) is 16.5 Å². The molecular weight excluding hydrogens is 335 g/mol. The minimum absolute atomic E-state index is 0.0129. The highest BCUT2D eigenvalue weighted by molar-refractivity contribution is 7.89. The van der Waals surface area contributed by atoms with E-state index in [1.54, 1.807) is 6.07 Å². The van der Waals surface area contributed by atoms with E-state index in [0.29, 0.717) is 30.3 Å². The highest BCUT2D eigenvalue weighted by atomic mass is 35.5. The Morgan fingerprint density at radius 2 is 1.95 bits per heavy atom. The van der Waals surface area contributed by atoms with Crippen molar-refractivity contribution in [3.63, 3.8) is 0 Å². The van der Waals surface area contributed by atoms with Crippen molar-refractivity contribution in [2.45, 2.75) is 25.3 Å². The summed E-state index contributed by atoms with van der Waals surface area (Å²) in [5.74, 6) is 0. The summed E-state index contributed by atoms with van der Waals surface area (Å²) in [6.45, 7) is 6.02. The zero-order valence-corrected chi connectivity index (χ0v) is 14.4. The van der Waals surface area contributed by atoms with Crippen molar-refractivity contribution in [3.8, 4) is 0 Å². The van der Waals surface area contributed by atoms with E-state index in [1.165, 1.54) is 6.07 Å². The van der Waals surface area contributed by atoms with Crippen molar-refractivity contribution in [1.29, 1.82) is 0 Å². The normalized spacial score (nSPS) is 11.8. The van der Waals surface area contributed by atoms with Gasteiger partial charge in [-0.15, -0.1) is 0 Å². The van der Waals surface area contributed by atoms with Gasteiger partial charge in [0.2, 0.25) is 10.0 Å². The lowest BCUT2D eigenvalue weighted by Crippen LogP contribution is -2.28. The molecule has 0 aliphatic heterocycles. The van der Waals surface area contributed by atoms with E-state index in [0.717, 1.165) is 6.54 Å². The molecule has 0 heterocycles. The Hall–Kier alpha value is -0.370. The SMILES string of the molecule is CCNCc1cc(Cl)cc(S(=O)(=O)NCCOCC)c1Cl. The maximum absolute atomic E-state index is 12.3. The van der Waals surface area contributed by atoms with Crippen molar-refractivity contribution in [2.24, 2.45) is 0 Å². The third kappa shape index (κ3) is 5.73. The molecule has 21 heavy (non-hydrogen) atoms. The molecule has 120 valence electrons. The van der Waals surface area contributed by atoms with Gasteiger partial charge in [0.1, 0.15) is 4.90 Å². The average molecular weight is 355 g/mol. The molecule has 0 saturated heterocycles. The van der Waals surface area contributed by atoms with E-state index in [4.69, 9.17) is 27.9 Å². The lowest BCUT2D eigenvalue weighted by Gasteiger charge is -2.12. The second-order valence-corrected chi connectivity index (χ2v) is 6.80. The highest BCUT2D eigenvalue weighted by Gasteiger charge is 2.20. The number of benzene rings is 1. The number of nitrogens with one attached hydrogen (secondary N) is 2. The zero-order chi connectivity index (χ0) is 15.9. The number of hydrogen-bond acceptors (Lipinski definition) is 4. The van der Waals surface area contributed by atoms with Crippen molar-refractivity contribution in [3.05, 3.63) is 27.7 Å². The topological polar surface area (TPSA) is 67.4 Å². The fourth-order valence-corrected chi connectivity index (χ4v) is 3.62. The van der Waals surface area contributed by atoms with Crippen LogP contribution >= 0.6 is 23.2 Å². The quantitative estimate of drug-likeness (QED) is 0.668. The smallest absolute Gasteiger partial charge is 0.242 e. The van der Waals surface area contributed by atoms with Crippen LogP contribution in [0.15, 0.2) is 17.0 Å². The molecule has 0 aliphatic rings. The Morgan fingerprint density at radius 1 is 1.24 bits per heavy atom. The number of sulfonamides is 1.